The minimum absolute atomic E-state index is 0.104. The van der Waals surface area contributed by atoms with Crippen molar-refractivity contribution in [3.05, 3.63) is 29.8 Å². The van der Waals surface area contributed by atoms with Gasteiger partial charge in [-0.15, -0.1) is 3.89 Å². The van der Waals surface area contributed by atoms with Crippen molar-refractivity contribution in [3.8, 4) is 0 Å². The molecule has 8 heteroatoms. The number of hydrogen-bond donors (Lipinski definition) is 1. The molecule has 0 radical (unpaired) electrons. The minimum atomic E-state index is -4.84. The molecule has 0 unspecified atom stereocenters. The first-order valence-electron chi connectivity index (χ1n) is 8.77. The van der Waals surface area contributed by atoms with Crippen molar-refractivity contribution in [2.45, 2.75) is 43.4 Å². The summed E-state index contributed by atoms with van der Waals surface area (Å²) in [5.41, 5.74) is 0.265. The molecule has 1 aromatic rings. The summed E-state index contributed by atoms with van der Waals surface area (Å²) >= 11 is 0. The van der Waals surface area contributed by atoms with Crippen LogP contribution in [-0.2, 0) is 15.0 Å². The van der Waals surface area contributed by atoms with Crippen molar-refractivity contribution in [1.82, 2.24) is 4.90 Å². The highest BCUT2D eigenvalue weighted by Crippen LogP contribution is 2.46. The molecule has 6 nitrogen and oxygen atoms in total. The zero-order chi connectivity index (χ0) is 18.9. The lowest BCUT2D eigenvalue weighted by Crippen LogP contribution is -2.45. The molecule has 1 saturated heterocycles. The van der Waals surface area contributed by atoms with Gasteiger partial charge in [0.25, 0.3) is 5.91 Å². The van der Waals surface area contributed by atoms with Crippen LogP contribution in [0.1, 0.15) is 48.9 Å². The van der Waals surface area contributed by atoms with Gasteiger partial charge >= 0.3 is 16.2 Å². The molecule has 2 fully saturated rings. The van der Waals surface area contributed by atoms with Gasteiger partial charge in [0.1, 0.15) is 0 Å². The van der Waals surface area contributed by atoms with Crippen LogP contribution in [0.4, 0.5) is 3.89 Å². The fraction of sp³-hybridized carbons (Fsp3) is 0.556. The van der Waals surface area contributed by atoms with Crippen LogP contribution >= 0.6 is 0 Å². The number of nitrogens with zero attached hydrogens (tertiary/aromatic N) is 1. The van der Waals surface area contributed by atoms with E-state index in [1.807, 2.05) is 0 Å². The molecule has 1 aliphatic heterocycles. The average Bonchev–Trinajstić information content (AvgIpc) is 2.62. The molecule has 26 heavy (non-hydrogen) atoms. The van der Waals surface area contributed by atoms with Crippen LogP contribution in [-0.4, -0.2) is 43.4 Å². The Morgan fingerprint density at radius 1 is 1.12 bits per heavy atom. The first-order valence-corrected chi connectivity index (χ1v) is 10.2. The number of amides is 1. The van der Waals surface area contributed by atoms with Crippen LogP contribution in [0, 0.1) is 11.3 Å². The van der Waals surface area contributed by atoms with Crippen molar-refractivity contribution < 1.29 is 27.0 Å². The maximum Gasteiger partial charge on any atom is 0.332 e. The Labute approximate surface area is 152 Å². The third-order valence-electron chi connectivity index (χ3n) is 5.87. The minimum Gasteiger partial charge on any atom is -0.481 e. The molecular formula is C18H22FNO5S. The zero-order valence-electron chi connectivity index (χ0n) is 14.4. The zero-order valence-corrected chi connectivity index (χ0v) is 15.2. The highest BCUT2D eigenvalue weighted by atomic mass is 32.3. The SMILES string of the molecule is O=C(O)C1CCC2(CC1)CCN(C(=O)c1cccc(S(=O)(=O)F)c1)CC2. The first-order chi connectivity index (χ1) is 12.2. The summed E-state index contributed by atoms with van der Waals surface area (Å²) in [7, 11) is -4.84. The van der Waals surface area contributed by atoms with Crippen molar-refractivity contribution in [3.63, 3.8) is 0 Å². The van der Waals surface area contributed by atoms with Gasteiger partial charge in [0.2, 0.25) is 0 Å². The summed E-state index contributed by atoms with van der Waals surface area (Å²) in [5, 5.41) is 9.12. The van der Waals surface area contributed by atoms with Crippen LogP contribution in [0.15, 0.2) is 29.2 Å². The number of hydrogen-bond acceptors (Lipinski definition) is 4. The van der Waals surface area contributed by atoms with Gasteiger partial charge in [-0.3, -0.25) is 9.59 Å². The molecule has 1 spiro atoms. The van der Waals surface area contributed by atoms with Gasteiger partial charge in [-0.1, -0.05) is 6.07 Å². The second-order valence-electron chi connectivity index (χ2n) is 7.37. The highest BCUT2D eigenvalue weighted by molar-refractivity contribution is 7.86. The van der Waals surface area contributed by atoms with Gasteiger partial charge in [-0.2, -0.15) is 8.42 Å². The standard InChI is InChI=1S/C18H22FNO5S/c19-26(24,25)15-3-1-2-14(12-15)16(21)20-10-8-18(9-11-20)6-4-13(5-7-18)17(22)23/h1-3,12-13H,4-11H2,(H,22,23). The molecule has 1 N–H and O–H groups in total. The molecule has 2 aliphatic rings. The average molecular weight is 383 g/mol. The van der Waals surface area contributed by atoms with E-state index in [4.69, 9.17) is 5.11 Å². The van der Waals surface area contributed by atoms with Gasteiger partial charge in [0, 0.05) is 18.7 Å². The van der Waals surface area contributed by atoms with Crippen LogP contribution < -0.4 is 0 Å². The number of halogens is 1. The number of carbonyl (C=O) groups excluding carboxylic acids is 1. The number of aliphatic carboxylic acids is 1. The Balaban J connectivity index is 1.64. The predicted molar refractivity (Wildman–Crippen MR) is 91.9 cm³/mol. The second-order valence-corrected chi connectivity index (χ2v) is 8.72. The van der Waals surface area contributed by atoms with Crippen molar-refractivity contribution >= 4 is 22.1 Å². The Bertz CT molecular complexity index is 805. The number of piperidine rings is 1. The van der Waals surface area contributed by atoms with E-state index in [0.29, 0.717) is 25.9 Å². The first kappa shape index (κ1) is 18.8. The summed E-state index contributed by atoms with van der Waals surface area (Å²) in [6.45, 7) is 1.09. The molecular weight excluding hydrogens is 361 g/mol. The Kier molecular flexibility index (Phi) is 5.05. The van der Waals surface area contributed by atoms with E-state index in [2.05, 4.69) is 0 Å². The van der Waals surface area contributed by atoms with Crippen LogP contribution in [0.25, 0.3) is 0 Å². The largest absolute Gasteiger partial charge is 0.481 e. The summed E-state index contributed by atoms with van der Waals surface area (Å²) in [4.78, 5) is 24.9. The molecule has 0 atom stereocenters. The molecule has 1 saturated carbocycles. The van der Waals surface area contributed by atoms with E-state index < -0.39 is 21.1 Å². The molecule has 1 aromatic carbocycles. The van der Waals surface area contributed by atoms with E-state index in [0.717, 1.165) is 37.8 Å². The number of carbonyl (C=O) groups is 2. The topological polar surface area (TPSA) is 91.8 Å². The van der Waals surface area contributed by atoms with Crippen LogP contribution in [0.3, 0.4) is 0 Å². The number of likely N-dealkylation sites (tertiary alicyclic amines) is 1. The third-order valence-corrected chi connectivity index (χ3v) is 6.69. The summed E-state index contributed by atoms with van der Waals surface area (Å²) in [6.07, 6.45) is 4.71. The Morgan fingerprint density at radius 2 is 1.73 bits per heavy atom. The molecule has 0 bridgehead atoms. The lowest BCUT2D eigenvalue weighted by atomic mass is 9.65. The van der Waals surface area contributed by atoms with Gasteiger partial charge in [0.15, 0.2) is 0 Å². The molecule has 0 aromatic heterocycles. The van der Waals surface area contributed by atoms with Crippen molar-refractivity contribution in [2.24, 2.45) is 11.3 Å². The quantitative estimate of drug-likeness (QED) is 0.811. The monoisotopic (exact) mass is 383 g/mol. The third kappa shape index (κ3) is 3.90. The van der Waals surface area contributed by atoms with Gasteiger partial charge in [-0.25, -0.2) is 0 Å². The van der Waals surface area contributed by atoms with E-state index in [1.165, 1.54) is 12.1 Å². The molecule has 1 aliphatic carbocycles. The van der Waals surface area contributed by atoms with Crippen LogP contribution in [0.2, 0.25) is 0 Å². The van der Waals surface area contributed by atoms with E-state index in [1.54, 1.807) is 4.90 Å². The normalized spacial score (nSPS) is 20.9. The van der Waals surface area contributed by atoms with E-state index >= 15 is 0 Å². The lowest BCUT2D eigenvalue weighted by molar-refractivity contribution is -0.143. The van der Waals surface area contributed by atoms with Crippen molar-refractivity contribution in [1.29, 1.82) is 0 Å². The lowest BCUT2D eigenvalue weighted by Gasteiger charge is -2.45. The smallest absolute Gasteiger partial charge is 0.332 e. The number of carboxylic acid groups (broad SMARTS) is 1. The molecule has 142 valence electrons. The Hall–Kier alpha value is -1.96. The maximum atomic E-state index is 13.1. The molecule has 3 rings (SSSR count). The van der Waals surface area contributed by atoms with Gasteiger partial charge < -0.3 is 10.0 Å². The fourth-order valence-electron chi connectivity index (χ4n) is 4.12. The number of carboxylic acids is 1. The molecule has 1 heterocycles. The van der Waals surface area contributed by atoms with E-state index in [9.17, 15) is 21.9 Å². The predicted octanol–water partition coefficient (Wildman–Crippen LogP) is 2.84. The summed E-state index contributed by atoms with van der Waals surface area (Å²) in [5.74, 6) is -1.29. The summed E-state index contributed by atoms with van der Waals surface area (Å²) in [6, 6.07) is 5.04. The van der Waals surface area contributed by atoms with E-state index in [-0.39, 0.29) is 22.8 Å². The highest BCUT2D eigenvalue weighted by Gasteiger charge is 2.40. The number of benzene rings is 1. The number of rotatable bonds is 3. The van der Waals surface area contributed by atoms with Gasteiger partial charge in [0.05, 0.1) is 10.8 Å². The van der Waals surface area contributed by atoms with Crippen molar-refractivity contribution in [2.75, 3.05) is 13.1 Å². The Morgan fingerprint density at radius 3 is 2.27 bits per heavy atom. The van der Waals surface area contributed by atoms with Crippen LogP contribution in [0.5, 0.6) is 0 Å². The van der Waals surface area contributed by atoms with Gasteiger partial charge in [-0.05, 0) is 62.1 Å². The fourth-order valence-corrected chi connectivity index (χ4v) is 4.63. The second kappa shape index (κ2) is 6.98. The molecule has 1 amide bonds. The summed E-state index contributed by atoms with van der Waals surface area (Å²) < 4.78 is 35.2. The maximum absolute atomic E-state index is 13.1.